The number of likely N-dealkylation sites (tertiary alicyclic amines) is 1. The first-order valence-corrected chi connectivity index (χ1v) is 7.45. The Labute approximate surface area is 111 Å². The van der Waals surface area contributed by atoms with Crippen molar-refractivity contribution in [3.63, 3.8) is 0 Å². The van der Waals surface area contributed by atoms with Crippen molar-refractivity contribution < 1.29 is 4.79 Å². The van der Waals surface area contributed by atoms with Gasteiger partial charge in [0.05, 0.1) is 6.04 Å². The predicted molar refractivity (Wildman–Crippen MR) is 73.5 cm³/mol. The van der Waals surface area contributed by atoms with Crippen molar-refractivity contribution in [2.45, 2.75) is 51.6 Å². The largest absolute Gasteiger partial charge is 0.336 e. The SMILES string of the molecule is CC(C(=O)N1CCNC[C@H]1C)N1CCCCCC1. The minimum Gasteiger partial charge on any atom is -0.336 e. The lowest BCUT2D eigenvalue weighted by Gasteiger charge is -2.38. The van der Waals surface area contributed by atoms with Gasteiger partial charge in [0.2, 0.25) is 5.91 Å². The number of carbonyl (C=O) groups excluding carboxylic acids is 1. The van der Waals surface area contributed by atoms with Crippen molar-refractivity contribution in [2.24, 2.45) is 0 Å². The smallest absolute Gasteiger partial charge is 0.239 e. The van der Waals surface area contributed by atoms with E-state index < -0.39 is 0 Å². The molecule has 0 saturated carbocycles. The molecule has 0 radical (unpaired) electrons. The molecule has 0 aliphatic carbocycles. The van der Waals surface area contributed by atoms with Gasteiger partial charge in [-0.25, -0.2) is 0 Å². The van der Waals surface area contributed by atoms with Crippen molar-refractivity contribution in [1.29, 1.82) is 0 Å². The molecule has 0 aromatic carbocycles. The van der Waals surface area contributed by atoms with E-state index in [1.807, 2.05) is 0 Å². The van der Waals surface area contributed by atoms with Crippen LogP contribution < -0.4 is 5.32 Å². The van der Waals surface area contributed by atoms with Crippen LogP contribution in [0.2, 0.25) is 0 Å². The van der Waals surface area contributed by atoms with Crippen LogP contribution in [-0.2, 0) is 4.79 Å². The first-order chi connectivity index (χ1) is 8.70. The van der Waals surface area contributed by atoms with Gasteiger partial charge in [0, 0.05) is 25.7 Å². The van der Waals surface area contributed by atoms with Crippen LogP contribution in [0.5, 0.6) is 0 Å². The van der Waals surface area contributed by atoms with Gasteiger partial charge in [0.15, 0.2) is 0 Å². The van der Waals surface area contributed by atoms with Crippen molar-refractivity contribution in [3.05, 3.63) is 0 Å². The second-order valence-corrected chi connectivity index (χ2v) is 5.71. The molecule has 2 aliphatic heterocycles. The molecule has 4 heteroatoms. The quantitative estimate of drug-likeness (QED) is 0.799. The molecule has 1 amide bonds. The Balaban J connectivity index is 1.93. The topological polar surface area (TPSA) is 35.6 Å². The number of hydrogen-bond donors (Lipinski definition) is 1. The van der Waals surface area contributed by atoms with E-state index in [2.05, 4.69) is 29.0 Å². The minimum absolute atomic E-state index is 0.0589. The average Bonchev–Trinajstić information content (AvgIpc) is 2.66. The molecule has 2 saturated heterocycles. The van der Waals surface area contributed by atoms with Gasteiger partial charge in [-0.1, -0.05) is 12.8 Å². The normalized spacial score (nSPS) is 28.8. The van der Waals surface area contributed by atoms with Gasteiger partial charge in [-0.15, -0.1) is 0 Å². The number of nitrogens with zero attached hydrogens (tertiary/aromatic N) is 2. The van der Waals surface area contributed by atoms with E-state index in [-0.39, 0.29) is 6.04 Å². The number of carbonyl (C=O) groups is 1. The van der Waals surface area contributed by atoms with Gasteiger partial charge >= 0.3 is 0 Å². The van der Waals surface area contributed by atoms with Gasteiger partial charge in [-0.2, -0.15) is 0 Å². The Hall–Kier alpha value is -0.610. The highest BCUT2D eigenvalue weighted by Crippen LogP contribution is 2.15. The van der Waals surface area contributed by atoms with E-state index in [4.69, 9.17) is 0 Å². The van der Waals surface area contributed by atoms with Crippen LogP contribution in [0.15, 0.2) is 0 Å². The van der Waals surface area contributed by atoms with E-state index in [1.54, 1.807) is 0 Å². The summed E-state index contributed by atoms with van der Waals surface area (Å²) in [6, 6.07) is 0.393. The Kier molecular flexibility index (Phi) is 5.01. The van der Waals surface area contributed by atoms with Gasteiger partial charge in [0.25, 0.3) is 0 Å². The molecule has 2 rings (SSSR count). The summed E-state index contributed by atoms with van der Waals surface area (Å²) < 4.78 is 0. The third-order valence-electron chi connectivity index (χ3n) is 4.33. The number of piperazine rings is 1. The first-order valence-electron chi connectivity index (χ1n) is 7.45. The van der Waals surface area contributed by atoms with Crippen LogP contribution in [0.3, 0.4) is 0 Å². The van der Waals surface area contributed by atoms with Crippen LogP contribution in [-0.4, -0.2) is 60.5 Å². The van der Waals surface area contributed by atoms with Crippen LogP contribution in [0.4, 0.5) is 0 Å². The summed E-state index contributed by atoms with van der Waals surface area (Å²) in [4.78, 5) is 17.0. The third-order valence-corrected chi connectivity index (χ3v) is 4.33. The zero-order chi connectivity index (χ0) is 13.0. The van der Waals surface area contributed by atoms with E-state index in [0.717, 1.165) is 32.7 Å². The number of rotatable bonds is 2. The van der Waals surface area contributed by atoms with E-state index in [0.29, 0.717) is 11.9 Å². The maximum absolute atomic E-state index is 12.6. The fourth-order valence-electron chi connectivity index (χ4n) is 3.05. The molecule has 0 aromatic rings. The number of amides is 1. The van der Waals surface area contributed by atoms with E-state index >= 15 is 0 Å². The van der Waals surface area contributed by atoms with Crippen LogP contribution in [0.25, 0.3) is 0 Å². The molecule has 2 aliphatic rings. The lowest BCUT2D eigenvalue weighted by molar-refractivity contribution is -0.139. The summed E-state index contributed by atoms with van der Waals surface area (Å²) in [7, 11) is 0. The fraction of sp³-hybridized carbons (Fsp3) is 0.929. The standard InChI is InChI=1S/C14H27N3O/c1-12-11-15-7-10-17(12)14(18)13(2)16-8-5-3-4-6-9-16/h12-13,15H,3-11H2,1-2H3/t12-,13?/m1/s1. The van der Waals surface area contributed by atoms with Crippen molar-refractivity contribution >= 4 is 5.91 Å². The van der Waals surface area contributed by atoms with Gasteiger partial charge in [0.1, 0.15) is 0 Å². The van der Waals surface area contributed by atoms with Gasteiger partial charge in [-0.3, -0.25) is 9.69 Å². The first kappa shape index (κ1) is 13.8. The highest BCUT2D eigenvalue weighted by molar-refractivity contribution is 5.82. The molecule has 2 atom stereocenters. The molecule has 104 valence electrons. The van der Waals surface area contributed by atoms with Crippen molar-refractivity contribution in [2.75, 3.05) is 32.7 Å². The molecule has 1 unspecified atom stereocenters. The summed E-state index contributed by atoms with van der Waals surface area (Å²) >= 11 is 0. The van der Waals surface area contributed by atoms with Crippen molar-refractivity contribution in [3.8, 4) is 0 Å². The van der Waals surface area contributed by atoms with Crippen LogP contribution >= 0.6 is 0 Å². The van der Waals surface area contributed by atoms with E-state index in [1.165, 1.54) is 25.7 Å². The zero-order valence-corrected chi connectivity index (χ0v) is 11.8. The maximum Gasteiger partial charge on any atom is 0.239 e. The monoisotopic (exact) mass is 253 g/mol. The third kappa shape index (κ3) is 3.23. The second-order valence-electron chi connectivity index (χ2n) is 5.71. The minimum atomic E-state index is 0.0589. The molecule has 2 fully saturated rings. The highest BCUT2D eigenvalue weighted by Gasteiger charge is 2.30. The average molecular weight is 253 g/mol. The summed E-state index contributed by atoms with van der Waals surface area (Å²) in [6.07, 6.45) is 5.13. The summed E-state index contributed by atoms with van der Waals surface area (Å²) in [5.74, 6) is 0.325. The molecule has 2 heterocycles. The van der Waals surface area contributed by atoms with Gasteiger partial charge < -0.3 is 10.2 Å². The molecule has 0 aromatic heterocycles. The molecule has 0 spiro atoms. The van der Waals surface area contributed by atoms with Crippen molar-refractivity contribution in [1.82, 2.24) is 15.1 Å². The number of hydrogen-bond acceptors (Lipinski definition) is 3. The van der Waals surface area contributed by atoms with Crippen LogP contribution in [0, 0.1) is 0 Å². The lowest BCUT2D eigenvalue weighted by atomic mass is 10.1. The lowest BCUT2D eigenvalue weighted by Crippen LogP contribution is -2.57. The Morgan fingerprint density at radius 3 is 2.44 bits per heavy atom. The Morgan fingerprint density at radius 1 is 1.17 bits per heavy atom. The second kappa shape index (κ2) is 6.53. The maximum atomic E-state index is 12.6. The van der Waals surface area contributed by atoms with E-state index in [9.17, 15) is 4.79 Å². The Morgan fingerprint density at radius 2 is 1.83 bits per heavy atom. The highest BCUT2D eigenvalue weighted by atomic mass is 16.2. The molecule has 18 heavy (non-hydrogen) atoms. The molecule has 0 bridgehead atoms. The zero-order valence-electron chi connectivity index (χ0n) is 11.8. The molecular formula is C14H27N3O. The summed E-state index contributed by atoms with van der Waals surface area (Å²) in [5, 5.41) is 3.34. The Bertz CT molecular complexity index is 274. The summed E-state index contributed by atoms with van der Waals surface area (Å²) in [6.45, 7) is 9.13. The van der Waals surface area contributed by atoms with Gasteiger partial charge in [-0.05, 0) is 39.8 Å². The molecule has 4 nitrogen and oxygen atoms in total. The van der Waals surface area contributed by atoms with Crippen LogP contribution in [0.1, 0.15) is 39.5 Å². The number of nitrogens with one attached hydrogen (secondary N) is 1. The predicted octanol–water partition coefficient (Wildman–Crippen LogP) is 1.07. The molecular weight excluding hydrogens is 226 g/mol. The summed E-state index contributed by atoms with van der Waals surface area (Å²) in [5.41, 5.74) is 0. The molecule has 1 N–H and O–H groups in total. The fourth-order valence-corrected chi connectivity index (χ4v) is 3.05.